The van der Waals surface area contributed by atoms with E-state index in [1.54, 1.807) is 0 Å². The molecule has 0 fully saturated rings. The molecule has 0 radical (unpaired) electrons. The number of hydrogen-bond donors (Lipinski definition) is 1. The van der Waals surface area contributed by atoms with E-state index in [4.69, 9.17) is 17.3 Å². The molecule has 2 aromatic carbocycles. The van der Waals surface area contributed by atoms with Crippen LogP contribution in [0.25, 0.3) is 0 Å². The van der Waals surface area contributed by atoms with Crippen molar-refractivity contribution in [3.8, 4) is 0 Å². The molecule has 0 heterocycles. The van der Waals surface area contributed by atoms with E-state index in [1.807, 2.05) is 36.2 Å². The van der Waals surface area contributed by atoms with E-state index in [-0.39, 0.29) is 5.02 Å². The summed E-state index contributed by atoms with van der Waals surface area (Å²) in [5.41, 5.74) is 8.06. The zero-order valence-electron chi connectivity index (χ0n) is 10.3. The van der Waals surface area contributed by atoms with Crippen LogP contribution in [0.1, 0.15) is 5.56 Å². The third-order valence-electron chi connectivity index (χ3n) is 2.85. The van der Waals surface area contributed by atoms with Gasteiger partial charge in [-0.2, -0.15) is 0 Å². The van der Waals surface area contributed by atoms with Gasteiger partial charge in [0.2, 0.25) is 0 Å². The number of anilines is 2. The Labute approximate surface area is 125 Å². The molecule has 0 atom stereocenters. The summed E-state index contributed by atoms with van der Waals surface area (Å²) >= 11 is 9.18. The van der Waals surface area contributed by atoms with Crippen molar-refractivity contribution in [1.29, 1.82) is 0 Å². The first-order valence-electron chi connectivity index (χ1n) is 5.68. The summed E-state index contributed by atoms with van der Waals surface area (Å²) in [7, 11) is 1.86. The van der Waals surface area contributed by atoms with E-state index in [0.29, 0.717) is 17.9 Å². The molecule has 0 aliphatic heterocycles. The molecular weight excluding hydrogens is 331 g/mol. The first-order valence-corrected chi connectivity index (χ1v) is 6.85. The largest absolute Gasteiger partial charge is 0.397 e. The van der Waals surface area contributed by atoms with Crippen LogP contribution in [0.15, 0.2) is 40.9 Å². The zero-order chi connectivity index (χ0) is 14.0. The van der Waals surface area contributed by atoms with Crippen LogP contribution in [0.4, 0.5) is 15.8 Å². The number of nitrogen functional groups attached to an aromatic ring is 1. The molecule has 100 valence electrons. The monoisotopic (exact) mass is 342 g/mol. The van der Waals surface area contributed by atoms with Crippen molar-refractivity contribution < 1.29 is 4.39 Å². The second-order valence-corrected chi connectivity index (χ2v) is 5.53. The number of nitrogens with two attached hydrogens (primary N) is 1. The lowest BCUT2D eigenvalue weighted by Crippen LogP contribution is -2.18. The van der Waals surface area contributed by atoms with Crippen LogP contribution < -0.4 is 10.6 Å². The minimum atomic E-state index is -0.468. The molecule has 0 saturated carbocycles. The Morgan fingerprint density at radius 2 is 2.00 bits per heavy atom. The third kappa shape index (κ3) is 3.19. The van der Waals surface area contributed by atoms with Crippen molar-refractivity contribution in [3.05, 3.63) is 57.3 Å². The molecule has 0 amide bonds. The van der Waals surface area contributed by atoms with Crippen molar-refractivity contribution >= 4 is 38.9 Å². The summed E-state index contributed by atoms with van der Waals surface area (Å²) in [6.07, 6.45) is 0. The predicted molar refractivity (Wildman–Crippen MR) is 82.1 cm³/mol. The molecular formula is C14H13BrClFN2. The molecule has 0 bridgehead atoms. The zero-order valence-corrected chi connectivity index (χ0v) is 12.7. The van der Waals surface area contributed by atoms with Gasteiger partial charge in [0.15, 0.2) is 0 Å². The Hall–Kier alpha value is -1.26. The van der Waals surface area contributed by atoms with Crippen molar-refractivity contribution in [2.45, 2.75) is 6.54 Å². The van der Waals surface area contributed by atoms with E-state index >= 15 is 0 Å². The van der Waals surface area contributed by atoms with Crippen molar-refractivity contribution in [1.82, 2.24) is 0 Å². The molecule has 0 spiro atoms. The summed E-state index contributed by atoms with van der Waals surface area (Å²) < 4.78 is 14.5. The Morgan fingerprint density at radius 3 is 2.68 bits per heavy atom. The lowest BCUT2D eigenvalue weighted by molar-refractivity contribution is 0.628. The van der Waals surface area contributed by atoms with Crippen LogP contribution >= 0.6 is 27.5 Å². The minimum absolute atomic E-state index is 0.0375. The number of halogens is 3. The fraction of sp³-hybridized carbons (Fsp3) is 0.143. The number of benzene rings is 2. The first-order chi connectivity index (χ1) is 8.99. The van der Waals surface area contributed by atoms with E-state index < -0.39 is 5.82 Å². The molecule has 0 aliphatic rings. The van der Waals surface area contributed by atoms with Crippen LogP contribution in [0.5, 0.6) is 0 Å². The number of nitrogens with zero attached hydrogens (tertiary/aromatic N) is 1. The lowest BCUT2D eigenvalue weighted by Gasteiger charge is -2.22. The fourth-order valence-electron chi connectivity index (χ4n) is 1.85. The lowest BCUT2D eigenvalue weighted by atomic mass is 10.2. The number of rotatable bonds is 3. The summed E-state index contributed by atoms with van der Waals surface area (Å²) in [5.74, 6) is -0.468. The van der Waals surface area contributed by atoms with Crippen molar-refractivity contribution in [2.75, 3.05) is 17.7 Å². The Morgan fingerprint density at radius 1 is 1.32 bits per heavy atom. The van der Waals surface area contributed by atoms with Gasteiger partial charge >= 0.3 is 0 Å². The summed E-state index contributed by atoms with van der Waals surface area (Å²) in [4.78, 5) is 1.88. The number of hydrogen-bond acceptors (Lipinski definition) is 2. The Balaban J connectivity index is 2.28. The summed E-state index contributed by atoms with van der Waals surface area (Å²) in [5, 5.41) is 0.0375. The second kappa shape index (κ2) is 5.80. The van der Waals surface area contributed by atoms with E-state index in [1.165, 1.54) is 12.1 Å². The quantitative estimate of drug-likeness (QED) is 0.834. The van der Waals surface area contributed by atoms with Crippen LogP contribution in [0.2, 0.25) is 5.02 Å². The van der Waals surface area contributed by atoms with Gasteiger partial charge in [0.25, 0.3) is 0 Å². The van der Waals surface area contributed by atoms with Gasteiger partial charge in [0.1, 0.15) is 5.82 Å². The molecule has 2 nitrogen and oxygen atoms in total. The van der Waals surface area contributed by atoms with Crippen LogP contribution in [0.3, 0.4) is 0 Å². The first kappa shape index (κ1) is 14.2. The maximum absolute atomic E-state index is 13.5. The second-order valence-electron chi connectivity index (χ2n) is 4.27. The normalized spacial score (nSPS) is 10.5. The topological polar surface area (TPSA) is 29.3 Å². The van der Waals surface area contributed by atoms with Gasteiger partial charge in [0.05, 0.1) is 16.4 Å². The molecule has 19 heavy (non-hydrogen) atoms. The van der Waals surface area contributed by atoms with Gasteiger partial charge < -0.3 is 10.6 Å². The minimum Gasteiger partial charge on any atom is -0.397 e. The highest BCUT2D eigenvalue weighted by Crippen LogP contribution is 2.30. The standard InChI is InChI=1S/C14H13BrClFN2/c1-19(8-9-4-2-3-5-10(9)15)14-7-12(17)11(16)6-13(14)18/h2-7H,8,18H2,1H3. The summed E-state index contributed by atoms with van der Waals surface area (Å²) in [6.45, 7) is 0.618. The van der Waals surface area contributed by atoms with Gasteiger partial charge in [-0.1, -0.05) is 45.7 Å². The van der Waals surface area contributed by atoms with E-state index in [9.17, 15) is 4.39 Å². The van der Waals surface area contributed by atoms with Gasteiger partial charge in [-0.15, -0.1) is 0 Å². The van der Waals surface area contributed by atoms with Crippen LogP contribution in [-0.2, 0) is 6.54 Å². The smallest absolute Gasteiger partial charge is 0.144 e. The third-order valence-corrected chi connectivity index (χ3v) is 3.91. The van der Waals surface area contributed by atoms with E-state index in [2.05, 4.69) is 15.9 Å². The Bertz CT molecular complexity index is 604. The fourth-order valence-corrected chi connectivity index (χ4v) is 2.43. The molecule has 0 saturated heterocycles. The molecule has 0 unspecified atom stereocenters. The average molecular weight is 344 g/mol. The van der Waals surface area contributed by atoms with Crippen LogP contribution in [-0.4, -0.2) is 7.05 Å². The average Bonchev–Trinajstić information content (AvgIpc) is 2.36. The van der Waals surface area contributed by atoms with Gasteiger partial charge in [-0.25, -0.2) is 4.39 Å². The van der Waals surface area contributed by atoms with Crippen molar-refractivity contribution in [3.63, 3.8) is 0 Å². The maximum Gasteiger partial charge on any atom is 0.144 e. The molecule has 0 aliphatic carbocycles. The molecule has 5 heteroatoms. The Kier molecular flexibility index (Phi) is 4.32. The molecule has 2 N–H and O–H groups in total. The van der Waals surface area contributed by atoms with Gasteiger partial charge in [-0.3, -0.25) is 0 Å². The van der Waals surface area contributed by atoms with E-state index in [0.717, 1.165) is 10.0 Å². The molecule has 0 aromatic heterocycles. The summed E-state index contributed by atoms with van der Waals surface area (Å²) in [6, 6.07) is 10.7. The highest BCUT2D eigenvalue weighted by Gasteiger charge is 2.11. The van der Waals surface area contributed by atoms with Gasteiger partial charge in [0, 0.05) is 24.1 Å². The highest BCUT2D eigenvalue weighted by atomic mass is 79.9. The van der Waals surface area contributed by atoms with Crippen LogP contribution in [0, 0.1) is 5.82 Å². The predicted octanol–water partition coefficient (Wildman–Crippen LogP) is 4.46. The van der Waals surface area contributed by atoms with Gasteiger partial charge in [-0.05, 0) is 17.7 Å². The highest BCUT2D eigenvalue weighted by molar-refractivity contribution is 9.10. The van der Waals surface area contributed by atoms with Crippen molar-refractivity contribution in [2.24, 2.45) is 0 Å². The molecule has 2 rings (SSSR count). The molecule has 2 aromatic rings. The maximum atomic E-state index is 13.5. The SMILES string of the molecule is CN(Cc1ccccc1Br)c1cc(F)c(Cl)cc1N.